The van der Waals surface area contributed by atoms with Gasteiger partial charge < -0.3 is 23.8 Å². The Morgan fingerprint density at radius 3 is 2.64 bits per heavy atom. The van der Waals surface area contributed by atoms with Crippen molar-refractivity contribution in [2.24, 2.45) is 5.92 Å². The van der Waals surface area contributed by atoms with E-state index in [1.165, 1.54) is 53.6 Å². The fourth-order valence-corrected chi connectivity index (χ4v) is 6.71. The van der Waals surface area contributed by atoms with Crippen molar-refractivity contribution in [2.45, 2.75) is 63.8 Å². The zero-order valence-electron chi connectivity index (χ0n) is 21.2. The molecule has 1 unspecified atom stereocenters. The van der Waals surface area contributed by atoms with Crippen molar-refractivity contribution < 1.29 is 18.9 Å². The molecule has 1 fully saturated rings. The number of halogens is 1. The van der Waals surface area contributed by atoms with E-state index in [0.29, 0.717) is 25.4 Å². The van der Waals surface area contributed by atoms with E-state index < -0.39 is 0 Å². The zero-order chi connectivity index (χ0) is 24.5. The Morgan fingerprint density at radius 1 is 1.03 bits per heavy atom. The topological polar surface area (TPSA) is 40.2 Å². The number of ether oxygens (including phenoxy) is 4. The van der Waals surface area contributed by atoms with E-state index >= 15 is 0 Å². The van der Waals surface area contributed by atoms with Crippen molar-refractivity contribution in [2.75, 3.05) is 32.9 Å². The van der Waals surface area contributed by atoms with E-state index in [-0.39, 0.29) is 0 Å². The average Bonchev–Trinajstić information content (AvgIpc) is 3.60. The summed E-state index contributed by atoms with van der Waals surface area (Å²) in [4.78, 5) is 2.65. The molecular weight excluding hydrogens is 474 g/mol. The van der Waals surface area contributed by atoms with E-state index in [1.807, 2.05) is 0 Å². The van der Waals surface area contributed by atoms with Gasteiger partial charge in [0.15, 0.2) is 23.0 Å². The van der Waals surface area contributed by atoms with Gasteiger partial charge in [-0.15, -0.1) is 11.6 Å². The van der Waals surface area contributed by atoms with Crippen LogP contribution in [0.25, 0.3) is 11.8 Å². The molecule has 3 aliphatic heterocycles. The Kier molecular flexibility index (Phi) is 6.92. The minimum absolute atomic E-state index is 0.294. The van der Waals surface area contributed by atoms with Crippen molar-refractivity contribution in [1.82, 2.24) is 4.90 Å². The molecule has 2 aromatic rings. The van der Waals surface area contributed by atoms with E-state index in [0.717, 1.165) is 67.5 Å². The summed E-state index contributed by atoms with van der Waals surface area (Å²) in [7, 11) is 1.75. The molecular formula is C30H36ClNO4. The van der Waals surface area contributed by atoms with Gasteiger partial charge >= 0.3 is 0 Å². The molecule has 6 rings (SSSR count). The highest BCUT2D eigenvalue weighted by molar-refractivity contribution is 6.17. The molecule has 1 atom stereocenters. The first-order valence-electron chi connectivity index (χ1n) is 13.6. The zero-order valence-corrected chi connectivity index (χ0v) is 21.9. The summed E-state index contributed by atoms with van der Waals surface area (Å²) >= 11 is 5.85. The minimum Gasteiger partial charge on any atom is -0.493 e. The SMILES string of the molecule is COc1ccc2c(c1OCCCCCCCl)C(C1CCCC1)N1CCc3cc4c(cc3C1=C2)OCO4. The van der Waals surface area contributed by atoms with Gasteiger partial charge in [-0.3, -0.25) is 0 Å². The van der Waals surface area contributed by atoms with E-state index in [1.54, 1.807) is 7.11 Å². The van der Waals surface area contributed by atoms with Crippen LogP contribution in [0, 0.1) is 5.92 Å². The summed E-state index contributed by atoms with van der Waals surface area (Å²) in [5.74, 6) is 4.86. The third-order valence-corrected chi connectivity index (χ3v) is 8.53. The fraction of sp³-hybridized carbons (Fsp3) is 0.533. The van der Waals surface area contributed by atoms with Crippen molar-refractivity contribution >= 4 is 23.4 Å². The first-order chi connectivity index (χ1) is 17.8. The predicted octanol–water partition coefficient (Wildman–Crippen LogP) is 7.20. The molecule has 1 saturated carbocycles. The number of hydrogen-bond acceptors (Lipinski definition) is 5. The summed E-state index contributed by atoms with van der Waals surface area (Å²) in [6.07, 6.45) is 12.9. The van der Waals surface area contributed by atoms with Crippen LogP contribution in [0.15, 0.2) is 24.3 Å². The van der Waals surface area contributed by atoms with Crippen LogP contribution in [-0.2, 0) is 6.42 Å². The van der Waals surface area contributed by atoms with Crippen LogP contribution in [0.4, 0.5) is 0 Å². The van der Waals surface area contributed by atoms with Crippen molar-refractivity contribution in [3.8, 4) is 23.0 Å². The summed E-state index contributed by atoms with van der Waals surface area (Å²) in [6, 6.07) is 8.96. The van der Waals surface area contributed by atoms with Gasteiger partial charge in [0, 0.05) is 29.2 Å². The highest BCUT2D eigenvalue weighted by Crippen LogP contribution is 2.54. The Morgan fingerprint density at radius 2 is 1.83 bits per heavy atom. The second-order valence-corrected chi connectivity index (χ2v) is 10.8. The Bertz CT molecular complexity index is 1140. The highest BCUT2D eigenvalue weighted by Gasteiger charge is 2.41. The first kappa shape index (κ1) is 23.8. The second-order valence-electron chi connectivity index (χ2n) is 10.4. The normalized spacial score (nSPS) is 20.0. The quantitative estimate of drug-likeness (QED) is 0.264. The molecule has 3 heterocycles. The molecule has 0 amide bonds. The Balaban J connectivity index is 1.40. The number of fused-ring (bicyclic) bond motifs is 5. The standard InChI is InChI=1S/C30H36ClNO4/c1-33-25-11-10-22-16-24-23-18-27-26(35-19-36-27)17-21(23)12-14-32(24)29(20-8-4-5-9-20)28(22)30(25)34-15-7-3-2-6-13-31/h10-11,16-18,20,29H,2-9,12-15,19H2,1H3. The van der Waals surface area contributed by atoms with E-state index in [4.69, 9.17) is 30.5 Å². The van der Waals surface area contributed by atoms with Crippen LogP contribution in [0.5, 0.6) is 23.0 Å². The third-order valence-electron chi connectivity index (χ3n) is 8.26. The average molecular weight is 510 g/mol. The number of unbranched alkanes of at least 4 members (excludes halogenated alkanes) is 3. The molecule has 1 aliphatic carbocycles. The maximum Gasteiger partial charge on any atom is 0.231 e. The fourth-order valence-electron chi connectivity index (χ4n) is 6.52. The van der Waals surface area contributed by atoms with Crippen LogP contribution in [0.2, 0.25) is 0 Å². The molecule has 0 spiro atoms. The first-order valence-corrected chi connectivity index (χ1v) is 14.1. The summed E-state index contributed by atoms with van der Waals surface area (Å²) in [6.45, 7) is 2.00. The number of nitrogens with zero attached hydrogens (tertiary/aromatic N) is 1. The number of alkyl halides is 1. The van der Waals surface area contributed by atoms with Gasteiger partial charge in [-0.25, -0.2) is 0 Å². The van der Waals surface area contributed by atoms with Gasteiger partial charge in [0.05, 0.1) is 19.8 Å². The second kappa shape index (κ2) is 10.5. The van der Waals surface area contributed by atoms with Gasteiger partial charge in [0.1, 0.15) is 0 Å². The lowest BCUT2D eigenvalue weighted by Crippen LogP contribution is -2.38. The summed E-state index contributed by atoms with van der Waals surface area (Å²) in [5, 5.41) is 0. The van der Waals surface area contributed by atoms with E-state index in [9.17, 15) is 0 Å². The maximum absolute atomic E-state index is 6.56. The van der Waals surface area contributed by atoms with Crippen LogP contribution >= 0.6 is 11.6 Å². The smallest absolute Gasteiger partial charge is 0.231 e. The molecule has 0 radical (unpaired) electrons. The molecule has 0 aromatic heterocycles. The number of hydrogen-bond donors (Lipinski definition) is 0. The van der Waals surface area contributed by atoms with Crippen LogP contribution < -0.4 is 18.9 Å². The molecule has 0 N–H and O–H groups in total. The molecule has 36 heavy (non-hydrogen) atoms. The van der Waals surface area contributed by atoms with Crippen LogP contribution in [0.3, 0.4) is 0 Å². The van der Waals surface area contributed by atoms with Crippen LogP contribution in [-0.4, -0.2) is 37.8 Å². The van der Waals surface area contributed by atoms with Crippen LogP contribution in [0.1, 0.15) is 79.7 Å². The molecule has 2 aromatic carbocycles. The largest absolute Gasteiger partial charge is 0.493 e. The van der Waals surface area contributed by atoms with Gasteiger partial charge in [0.25, 0.3) is 0 Å². The molecule has 5 nitrogen and oxygen atoms in total. The van der Waals surface area contributed by atoms with E-state index in [2.05, 4.69) is 35.2 Å². The summed E-state index contributed by atoms with van der Waals surface area (Å²) < 4.78 is 23.8. The number of methoxy groups -OCH3 is 1. The third kappa shape index (κ3) is 4.30. The molecule has 192 valence electrons. The number of rotatable bonds is 9. The number of benzene rings is 2. The van der Waals surface area contributed by atoms with Crippen molar-refractivity contribution in [3.05, 3.63) is 46.5 Å². The van der Waals surface area contributed by atoms with Gasteiger partial charge in [0.2, 0.25) is 6.79 Å². The molecule has 0 bridgehead atoms. The highest BCUT2D eigenvalue weighted by atomic mass is 35.5. The Labute approximate surface area is 219 Å². The molecule has 4 aliphatic rings. The van der Waals surface area contributed by atoms with Gasteiger partial charge in [-0.05, 0) is 73.4 Å². The van der Waals surface area contributed by atoms with Gasteiger partial charge in [-0.2, -0.15) is 0 Å². The maximum atomic E-state index is 6.56. The lowest BCUT2D eigenvalue weighted by atomic mass is 9.80. The minimum atomic E-state index is 0.294. The van der Waals surface area contributed by atoms with Crippen molar-refractivity contribution in [3.63, 3.8) is 0 Å². The van der Waals surface area contributed by atoms with Gasteiger partial charge in [-0.1, -0.05) is 31.7 Å². The lowest BCUT2D eigenvalue weighted by Gasteiger charge is -2.46. The summed E-state index contributed by atoms with van der Waals surface area (Å²) in [5.41, 5.74) is 6.49. The lowest BCUT2D eigenvalue weighted by molar-refractivity contribution is 0.174. The molecule has 0 saturated heterocycles. The monoisotopic (exact) mass is 509 g/mol. The predicted molar refractivity (Wildman–Crippen MR) is 143 cm³/mol. The Hall–Kier alpha value is -2.53. The molecule has 6 heteroatoms. The van der Waals surface area contributed by atoms with Crippen molar-refractivity contribution in [1.29, 1.82) is 0 Å².